The molecule has 0 saturated carbocycles. The van der Waals surface area contributed by atoms with E-state index >= 15 is 8.78 Å². The van der Waals surface area contributed by atoms with Gasteiger partial charge in [-0.15, -0.1) is 6.58 Å². The van der Waals surface area contributed by atoms with Gasteiger partial charge in [0, 0.05) is 13.0 Å². The van der Waals surface area contributed by atoms with E-state index in [0.29, 0.717) is 23.6 Å². The molecule has 3 rings (SSSR count). The standard InChI is InChI=1S/C23H27F2NO3/c1-4-6-15-22(26(16-5-2)19-9-7-8-10-20(19)29-22)23(24,25)21(27)17-11-13-18(28-3)14-12-17/h5,7-14,21,27H,2,4,6,15-16H2,1,3H3. The van der Waals surface area contributed by atoms with Crippen molar-refractivity contribution in [2.45, 2.75) is 43.9 Å². The Balaban J connectivity index is 2.07. The largest absolute Gasteiger partial charge is 0.497 e. The maximum atomic E-state index is 16.0. The Morgan fingerprint density at radius 2 is 1.93 bits per heavy atom. The van der Waals surface area contributed by atoms with Crippen molar-refractivity contribution in [3.8, 4) is 11.5 Å². The molecule has 2 atom stereocenters. The molecule has 29 heavy (non-hydrogen) atoms. The van der Waals surface area contributed by atoms with Crippen LogP contribution in [0.3, 0.4) is 0 Å². The zero-order chi connectivity index (χ0) is 21.1. The molecular formula is C23H27F2NO3. The van der Waals surface area contributed by atoms with Crippen molar-refractivity contribution >= 4 is 5.69 Å². The van der Waals surface area contributed by atoms with Crippen LogP contribution >= 0.6 is 0 Å². The van der Waals surface area contributed by atoms with Gasteiger partial charge >= 0.3 is 5.92 Å². The number of anilines is 1. The monoisotopic (exact) mass is 403 g/mol. The number of ether oxygens (including phenoxy) is 2. The van der Waals surface area contributed by atoms with E-state index in [9.17, 15) is 5.11 Å². The van der Waals surface area contributed by atoms with Crippen molar-refractivity contribution < 1.29 is 23.4 Å². The molecule has 2 aromatic rings. The van der Waals surface area contributed by atoms with E-state index < -0.39 is 17.8 Å². The number of aliphatic hydroxyl groups is 1. The van der Waals surface area contributed by atoms with E-state index in [4.69, 9.17) is 9.47 Å². The summed E-state index contributed by atoms with van der Waals surface area (Å²) >= 11 is 0. The molecule has 4 nitrogen and oxygen atoms in total. The number of rotatable bonds is 9. The van der Waals surface area contributed by atoms with E-state index in [-0.39, 0.29) is 18.5 Å². The first-order valence-corrected chi connectivity index (χ1v) is 9.77. The van der Waals surface area contributed by atoms with Crippen molar-refractivity contribution in [3.05, 3.63) is 66.7 Å². The van der Waals surface area contributed by atoms with Gasteiger partial charge in [-0.3, -0.25) is 0 Å². The number of hydrogen-bond acceptors (Lipinski definition) is 4. The highest BCUT2D eigenvalue weighted by Crippen LogP contribution is 2.54. The molecule has 6 heteroatoms. The Kier molecular flexibility index (Phi) is 6.13. The van der Waals surface area contributed by atoms with Crippen LogP contribution in [-0.4, -0.2) is 30.4 Å². The van der Waals surface area contributed by atoms with Gasteiger partial charge in [-0.2, -0.15) is 8.78 Å². The van der Waals surface area contributed by atoms with Crippen LogP contribution in [0.25, 0.3) is 0 Å². The minimum atomic E-state index is -3.60. The quantitative estimate of drug-likeness (QED) is 0.574. The lowest BCUT2D eigenvalue weighted by molar-refractivity contribution is -0.219. The van der Waals surface area contributed by atoms with Crippen molar-refractivity contribution in [1.82, 2.24) is 0 Å². The fourth-order valence-corrected chi connectivity index (χ4v) is 3.80. The maximum Gasteiger partial charge on any atom is 0.334 e. The number of unbranched alkanes of at least 4 members (excludes halogenated alkanes) is 1. The number of halogens is 2. The summed E-state index contributed by atoms with van der Waals surface area (Å²) in [5.41, 5.74) is -1.34. The summed E-state index contributed by atoms with van der Waals surface area (Å²) in [5.74, 6) is -2.69. The highest BCUT2D eigenvalue weighted by molar-refractivity contribution is 5.65. The fraction of sp³-hybridized carbons (Fsp3) is 0.391. The molecule has 1 aliphatic heterocycles. The molecule has 2 aromatic carbocycles. The number of hydrogen-bond donors (Lipinski definition) is 1. The summed E-state index contributed by atoms with van der Waals surface area (Å²) in [6.45, 7) is 5.84. The van der Waals surface area contributed by atoms with Crippen LogP contribution < -0.4 is 14.4 Å². The molecule has 1 aliphatic rings. The zero-order valence-corrected chi connectivity index (χ0v) is 16.8. The summed E-state index contributed by atoms with van der Waals surface area (Å²) in [7, 11) is 1.50. The average molecular weight is 403 g/mol. The van der Waals surface area contributed by atoms with Gasteiger partial charge in [0.15, 0.2) is 0 Å². The Bertz CT molecular complexity index is 840. The van der Waals surface area contributed by atoms with E-state index in [1.54, 1.807) is 42.5 Å². The van der Waals surface area contributed by atoms with Crippen LogP contribution in [0.2, 0.25) is 0 Å². The molecule has 0 aliphatic carbocycles. The summed E-state index contributed by atoms with van der Waals surface area (Å²) in [4.78, 5) is 1.53. The number of benzene rings is 2. The third kappa shape index (κ3) is 3.57. The number of nitrogens with zero attached hydrogens (tertiary/aromatic N) is 1. The first kappa shape index (κ1) is 21.1. The predicted octanol–water partition coefficient (Wildman–Crippen LogP) is 5.34. The molecule has 0 bridgehead atoms. The second-order valence-electron chi connectivity index (χ2n) is 7.16. The Hall–Kier alpha value is -2.60. The van der Waals surface area contributed by atoms with E-state index in [2.05, 4.69) is 6.58 Å². The van der Waals surface area contributed by atoms with Crippen molar-refractivity contribution in [3.63, 3.8) is 0 Å². The van der Waals surface area contributed by atoms with E-state index in [1.807, 2.05) is 6.92 Å². The lowest BCUT2D eigenvalue weighted by Crippen LogP contribution is -2.64. The highest BCUT2D eigenvalue weighted by atomic mass is 19.3. The van der Waals surface area contributed by atoms with Gasteiger partial charge in [-0.1, -0.05) is 43.7 Å². The highest BCUT2D eigenvalue weighted by Gasteiger charge is 2.66. The average Bonchev–Trinajstić information content (AvgIpc) is 3.07. The van der Waals surface area contributed by atoms with Crippen LogP contribution in [-0.2, 0) is 0 Å². The van der Waals surface area contributed by atoms with Gasteiger partial charge in [0.1, 0.15) is 17.6 Å². The van der Waals surface area contributed by atoms with Crippen LogP contribution in [0.1, 0.15) is 37.9 Å². The minimum Gasteiger partial charge on any atom is -0.497 e. The summed E-state index contributed by atoms with van der Waals surface area (Å²) in [5, 5.41) is 10.8. The summed E-state index contributed by atoms with van der Waals surface area (Å²) in [6.07, 6.45) is 0.825. The molecule has 0 amide bonds. The van der Waals surface area contributed by atoms with Crippen LogP contribution in [0.5, 0.6) is 11.5 Å². The van der Waals surface area contributed by atoms with Crippen molar-refractivity contribution in [1.29, 1.82) is 0 Å². The topological polar surface area (TPSA) is 41.9 Å². The summed E-state index contributed by atoms with van der Waals surface area (Å²) in [6, 6.07) is 13.0. The molecule has 0 fully saturated rings. The molecule has 1 N–H and O–H groups in total. The van der Waals surface area contributed by atoms with Crippen LogP contribution in [0.4, 0.5) is 14.5 Å². The first-order chi connectivity index (χ1) is 13.9. The number of aliphatic hydroxyl groups excluding tert-OH is 1. The third-order valence-electron chi connectivity index (χ3n) is 5.35. The van der Waals surface area contributed by atoms with Gasteiger partial charge in [0.25, 0.3) is 0 Å². The van der Waals surface area contributed by atoms with E-state index in [1.165, 1.54) is 24.1 Å². The van der Waals surface area contributed by atoms with Gasteiger partial charge in [0.05, 0.1) is 12.8 Å². The molecule has 0 spiro atoms. The number of alkyl halides is 2. The molecular weight excluding hydrogens is 376 g/mol. The number of fused-ring (bicyclic) bond motifs is 1. The lowest BCUT2D eigenvalue weighted by atomic mass is 9.89. The van der Waals surface area contributed by atoms with Crippen LogP contribution in [0.15, 0.2) is 61.2 Å². The van der Waals surface area contributed by atoms with Crippen LogP contribution in [0, 0.1) is 0 Å². The first-order valence-electron chi connectivity index (χ1n) is 9.77. The molecule has 2 unspecified atom stereocenters. The molecule has 156 valence electrons. The smallest absolute Gasteiger partial charge is 0.334 e. The second kappa shape index (κ2) is 8.41. The zero-order valence-electron chi connectivity index (χ0n) is 16.8. The van der Waals surface area contributed by atoms with Crippen molar-refractivity contribution in [2.75, 3.05) is 18.6 Å². The SMILES string of the molecule is C=CCN1c2ccccc2OC1(CCCC)C(F)(F)C(O)c1ccc(OC)cc1. The van der Waals surface area contributed by atoms with Gasteiger partial charge in [0.2, 0.25) is 5.72 Å². The number of para-hydroxylation sites is 2. The van der Waals surface area contributed by atoms with Crippen molar-refractivity contribution in [2.24, 2.45) is 0 Å². The lowest BCUT2D eigenvalue weighted by Gasteiger charge is -2.45. The Labute approximate surface area is 170 Å². The van der Waals surface area contributed by atoms with Gasteiger partial charge < -0.3 is 19.5 Å². The fourth-order valence-electron chi connectivity index (χ4n) is 3.80. The second-order valence-corrected chi connectivity index (χ2v) is 7.16. The molecule has 0 radical (unpaired) electrons. The van der Waals surface area contributed by atoms with Gasteiger partial charge in [-0.25, -0.2) is 0 Å². The minimum absolute atomic E-state index is 0.0617. The predicted molar refractivity (Wildman–Crippen MR) is 110 cm³/mol. The Morgan fingerprint density at radius 3 is 2.55 bits per heavy atom. The third-order valence-corrected chi connectivity index (χ3v) is 5.35. The summed E-state index contributed by atoms with van der Waals surface area (Å²) < 4.78 is 43.1. The Morgan fingerprint density at radius 1 is 1.24 bits per heavy atom. The normalized spacial score (nSPS) is 19.4. The molecule has 0 saturated heterocycles. The molecule has 1 heterocycles. The maximum absolute atomic E-state index is 16.0. The number of methoxy groups -OCH3 is 1. The van der Waals surface area contributed by atoms with Gasteiger partial charge in [-0.05, 0) is 36.2 Å². The van der Waals surface area contributed by atoms with E-state index in [0.717, 1.165) is 6.42 Å². The molecule has 0 aromatic heterocycles.